The third-order valence-electron chi connectivity index (χ3n) is 4.75. The fourth-order valence-electron chi connectivity index (χ4n) is 3.52. The summed E-state index contributed by atoms with van der Waals surface area (Å²) >= 11 is 0. The SMILES string of the molecule is COc1ccccc1CC1(N)CCC(C)c2ccccc21. The summed E-state index contributed by atoms with van der Waals surface area (Å²) in [6.07, 6.45) is 2.98. The van der Waals surface area contributed by atoms with Crippen LogP contribution in [0.2, 0.25) is 0 Å². The first-order valence-corrected chi connectivity index (χ1v) is 7.64. The third kappa shape index (κ3) is 2.56. The van der Waals surface area contributed by atoms with Crippen LogP contribution >= 0.6 is 0 Å². The molecule has 21 heavy (non-hydrogen) atoms. The van der Waals surface area contributed by atoms with E-state index in [0.717, 1.165) is 25.0 Å². The zero-order valence-electron chi connectivity index (χ0n) is 12.8. The quantitative estimate of drug-likeness (QED) is 0.923. The third-order valence-corrected chi connectivity index (χ3v) is 4.75. The summed E-state index contributed by atoms with van der Waals surface area (Å²) in [5.41, 5.74) is 10.4. The highest BCUT2D eigenvalue weighted by atomic mass is 16.5. The van der Waals surface area contributed by atoms with Crippen LogP contribution in [0.15, 0.2) is 48.5 Å². The summed E-state index contributed by atoms with van der Waals surface area (Å²) < 4.78 is 5.49. The normalized spacial score (nSPS) is 24.4. The first-order valence-electron chi connectivity index (χ1n) is 7.64. The first kappa shape index (κ1) is 14.2. The van der Waals surface area contributed by atoms with Crippen LogP contribution in [0.1, 0.15) is 42.4 Å². The second kappa shape index (κ2) is 5.53. The van der Waals surface area contributed by atoms with E-state index in [9.17, 15) is 0 Å². The van der Waals surface area contributed by atoms with Crippen molar-refractivity contribution in [1.29, 1.82) is 0 Å². The number of hydrogen-bond acceptors (Lipinski definition) is 2. The van der Waals surface area contributed by atoms with E-state index in [0.29, 0.717) is 5.92 Å². The molecule has 3 rings (SSSR count). The van der Waals surface area contributed by atoms with E-state index in [4.69, 9.17) is 10.5 Å². The fourth-order valence-corrected chi connectivity index (χ4v) is 3.52. The molecule has 0 bridgehead atoms. The molecule has 110 valence electrons. The van der Waals surface area contributed by atoms with Crippen LogP contribution in [0.3, 0.4) is 0 Å². The Morgan fingerprint density at radius 2 is 1.86 bits per heavy atom. The molecule has 0 spiro atoms. The number of para-hydroxylation sites is 1. The highest BCUT2D eigenvalue weighted by Crippen LogP contribution is 2.42. The highest BCUT2D eigenvalue weighted by molar-refractivity contribution is 5.42. The van der Waals surface area contributed by atoms with Crippen molar-refractivity contribution in [3.63, 3.8) is 0 Å². The van der Waals surface area contributed by atoms with Crippen molar-refractivity contribution in [2.24, 2.45) is 5.73 Å². The number of benzene rings is 2. The number of ether oxygens (including phenoxy) is 1. The summed E-state index contributed by atoms with van der Waals surface area (Å²) in [6.45, 7) is 2.29. The highest BCUT2D eigenvalue weighted by Gasteiger charge is 2.35. The lowest BCUT2D eigenvalue weighted by Crippen LogP contribution is -2.42. The van der Waals surface area contributed by atoms with Gasteiger partial charge in [-0.25, -0.2) is 0 Å². The molecule has 2 unspecified atom stereocenters. The molecule has 1 aliphatic rings. The van der Waals surface area contributed by atoms with Gasteiger partial charge in [0.1, 0.15) is 5.75 Å². The molecule has 2 aromatic carbocycles. The minimum Gasteiger partial charge on any atom is -0.496 e. The molecule has 0 amide bonds. The Hall–Kier alpha value is -1.80. The fraction of sp³-hybridized carbons (Fsp3) is 0.368. The van der Waals surface area contributed by atoms with Gasteiger partial charge in [0.2, 0.25) is 0 Å². The summed E-state index contributed by atoms with van der Waals surface area (Å²) in [5.74, 6) is 1.52. The van der Waals surface area contributed by atoms with Gasteiger partial charge in [-0.15, -0.1) is 0 Å². The summed E-state index contributed by atoms with van der Waals surface area (Å²) in [7, 11) is 1.72. The van der Waals surface area contributed by atoms with Crippen LogP contribution in [0.4, 0.5) is 0 Å². The van der Waals surface area contributed by atoms with Gasteiger partial charge in [0.25, 0.3) is 0 Å². The van der Waals surface area contributed by atoms with Crippen LogP contribution in [0.5, 0.6) is 5.75 Å². The van der Waals surface area contributed by atoms with Crippen LogP contribution in [-0.2, 0) is 12.0 Å². The van der Waals surface area contributed by atoms with Gasteiger partial charge < -0.3 is 10.5 Å². The molecule has 2 heteroatoms. The van der Waals surface area contributed by atoms with E-state index >= 15 is 0 Å². The molecule has 2 atom stereocenters. The van der Waals surface area contributed by atoms with E-state index in [1.165, 1.54) is 16.7 Å². The summed E-state index contributed by atoms with van der Waals surface area (Å²) in [5, 5.41) is 0. The standard InChI is InChI=1S/C19H23NO/c1-14-11-12-19(20,17-9-5-4-8-16(14)17)13-15-7-3-6-10-18(15)21-2/h3-10,14H,11-13,20H2,1-2H3. The van der Waals surface area contributed by atoms with Crippen molar-refractivity contribution in [3.05, 3.63) is 65.2 Å². The molecule has 0 radical (unpaired) electrons. The maximum atomic E-state index is 6.83. The molecule has 2 nitrogen and oxygen atoms in total. The van der Waals surface area contributed by atoms with Crippen LogP contribution < -0.4 is 10.5 Å². The molecular formula is C19H23NO. The van der Waals surface area contributed by atoms with E-state index in [1.807, 2.05) is 12.1 Å². The average molecular weight is 281 g/mol. The lowest BCUT2D eigenvalue weighted by Gasteiger charge is -2.39. The second-order valence-electron chi connectivity index (χ2n) is 6.17. The maximum absolute atomic E-state index is 6.83. The van der Waals surface area contributed by atoms with Crippen LogP contribution in [0, 0.1) is 0 Å². The van der Waals surface area contributed by atoms with Crippen molar-refractivity contribution in [3.8, 4) is 5.75 Å². The predicted molar refractivity (Wildman–Crippen MR) is 86.7 cm³/mol. The largest absolute Gasteiger partial charge is 0.496 e. The van der Waals surface area contributed by atoms with Crippen LogP contribution in [0.25, 0.3) is 0 Å². The molecule has 2 aromatic rings. The molecule has 2 N–H and O–H groups in total. The van der Waals surface area contributed by atoms with Gasteiger partial charge in [0, 0.05) is 5.54 Å². The zero-order valence-corrected chi connectivity index (χ0v) is 12.8. The van der Waals surface area contributed by atoms with Gasteiger partial charge in [-0.1, -0.05) is 49.4 Å². The van der Waals surface area contributed by atoms with Crippen molar-refractivity contribution in [1.82, 2.24) is 0 Å². The summed E-state index contributed by atoms with van der Waals surface area (Å²) in [6, 6.07) is 16.8. The minimum atomic E-state index is -0.294. The Labute approximate surface area is 126 Å². The van der Waals surface area contributed by atoms with Gasteiger partial charge in [0.15, 0.2) is 0 Å². The minimum absolute atomic E-state index is 0.294. The van der Waals surface area contributed by atoms with Crippen molar-refractivity contribution in [2.45, 2.75) is 37.6 Å². The Balaban J connectivity index is 2.00. The zero-order chi connectivity index (χ0) is 14.9. The lowest BCUT2D eigenvalue weighted by atomic mass is 9.70. The Kier molecular flexibility index (Phi) is 3.73. The Morgan fingerprint density at radius 1 is 1.14 bits per heavy atom. The number of nitrogens with two attached hydrogens (primary N) is 1. The molecular weight excluding hydrogens is 258 g/mol. The van der Waals surface area contributed by atoms with Gasteiger partial charge in [-0.3, -0.25) is 0 Å². The molecule has 0 aliphatic heterocycles. The lowest BCUT2D eigenvalue weighted by molar-refractivity contribution is 0.340. The van der Waals surface area contributed by atoms with Gasteiger partial charge in [-0.2, -0.15) is 0 Å². The number of methoxy groups -OCH3 is 1. The van der Waals surface area contributed by atoms with E-state index < -0.39 is 0 Å². The number of rotatable bonds is 3. The predicted octanol–water partition coefficient (Wildman–Crippen LogP) is 3.99. The monoisotopic (exact) mass is 281 g/mol. The second-order valence-corrected chi connectivity index (χ2v) is 6.17. The Bertz CT molecular complexity index is 637. The van der Waals surface area contributed by atoms with E-state index in [2.05, 4.69) is 43.3 Å². The maximum Gasteiger partial charge on any atom is 0.122 e. The van der Waals surface area contributed by atoms with Crippen LogP contribution in [-0.4, -0.2) is 7.11 Å². The molecule has 0 saturated heterocycles. The summed E-state index contributed by atoms with van der Waals surface area (Å²) in [4.78, 5) is 0. The first-order chi connectivity index (χ1) is 10.1. The van der Waals surface area contributed by atoms with Gasteiger partial charge in [0.05, 0.1) is 7.11 Å². The Morgan fingerprint density at radius 3 is 2.67 bits per heavy atom. The molecule has 0 saturated carbocycles. The molecule has 0 fully saturated rings. The van der Waals surface area contributed by atoms with Crippen molar-refractivity contribution >= 4 is 0 Å². The molecule has 1 aliphatic carbocycles. The van der Waals surface area contributed by atoms with E-state index in [-0.39, 0.29) is 5.54 Å². The van der Waals surface area contributed by atoms with E-state index in [1.54, 1.807) is 7.11 Å². The topological polar surface area (TPSA) is 35.2 Å². The van der Waals surface area contributed by atoms with Gasteiger partial charge >= 0.3 is 0 Å². The molecule has 0 aromatic heterocycles. The van der Waals surface area contributed by atoms with Gasteiger partial charge in [-0.05, 0) is 47.9 Å². The number of hydrogen-bond donors (Lipinski definition) is 1. The molecule has 0 heterocycles. The smallest absolute Gasteiger partial charge is 0.122 e. The van der Waals surface area contributed by atoms with Crippen molar-refractivity contribution < 1.29 is 4.74 Å². The average Bonchev–Trinajstić information content (AvgIpc) is 2.52. The van der Waals surface area contributed by atoms with Crippen molar-refractivity contribution in [2.75, 3.05) is 7.11 Å². The number of fused-ring (bicyclic) bond motifs is 1.